The van der Waals surface area contributed by atoms with Crippen molar-refractivity contribution in [2.24, 2.45) is 0 Å². The molecule has 6 heteroatoms. The smallest absolute Gasteiger partial charge is 0.209 e. The molecule has 1 aliphatic rings. The quantitative estimate of drug-likeness (QED) is 0.393. The fourth-order valence-corrected chi connectivity index (χ4v) is 3.08. The molecule has 0 fully saturated rings. The van der Waals surface area contributed by atoms with Gasteiger partial charge >= 0.3 is 0 Å². The van der Waals surface area contributed by atoms with Crippen molar-refractivity contribution >= 4 is 11.9 Å². The van der Waals surface area contributed by atoms with Gasteiger partial charge in [-0.25, -0.2) is 0 Å². The number of benzene rings is 2. The van der Waals surface area contributed by atoms with Crippen molar-refractivity contribution in [3.63, 3.8) is 0 Å². The van der Waals surface area contributed by atoms with E-state index in [1.54, 1.807) is 85.0 Å². The highest BCUT2D eigenvalue weighted by Gasteiger charge is 2.23. The molecular formula is C25H19N3O3. The van der Waals surface area contributed by atoms with Crippen LogP contribution in [-0.4, -0.2) is 24.9 Å². The van der Waals surface area contributed by atoms with Gasteiger partial charge < -0.3 is 14.4 Å². The Morgan fingerprint density at radius 1 is 0.968 bits per heavy atom. The minimum Gasteiger partial charge on any atom is -0.493 e. The molecule has 1 heterocycles. The van der Waals surface area contributed by atoms with Gasteiger partial charge in [0.2, 0.25) is 5.78 Å². The second-order valence-electron chi connectivity index (χ2n) is 6.39. The van der Waals surface area contributed by atoms with E-state index in [0.29, 0.717) is 28.3 Å². The SMILES string of the molecule is COc1ccc(/C=C(/C(=O)c2ccccc2)N2C=CC=CC2=C(C#N)C#N)cc1OC. The monoisotopic (exact) mass is 409 g/mol. The van der Waals surface area contributed by atoms with Crippen molar-refractivity contribution in [2.75, 3.05) is 14.2 Å². The standard InChI is InChI=1S/C25H19N3O3/c1-30-23-12-11-18(15-24(23)31-2)14-22(25(29)19-8-4-3-5-9-19)28-13-7-6-10-21(28)20(16-26)17-27/h3-15H,1-2H3/b22-14-. The van der Waals surface area contributed by atoms with Crippen LogP contribution >= 0.6 is 0 Å². The van der Waals surface area contributed by atoms with Gasteiger partial charge in [0, 0.05) is 11.8 Å². The van der Waals surface area contributed by atoms with Crippen LogP contribution in [0.15, 0.2) is 89.9 Å². The average Bonchev–Trinajstić information content (AvgIpc) is 2.83. The van der Waals surface area contributed by atoms with Crippen LogP contribution in [-0.2, 0) is 0 Å². The molecule has 0 aromatic heterocycles. The number of allylic oxidation sites excluding steroid dienone is 5. The Morgan fingerprint density at radius 3 is 2.32 bits per heavy atom. The van der Waals surface area contributed by atoms with E-state index in [-0.39, 0.29) is 17.1 Å². The van der Waals surface area contributed by atoms with Gasteiger partial charge in [-0.15, -0.1) is 0 Å². The van der Waals surface area contributed by atoms with Crippen LogP contribution in [0.4, 0.5) is 0 Å². The van der Waals surface area contributed by atoms with Crippen LogP contribution in [0.25, 0.3) is 6.08 Å². The second-order valence-corrected chi connectivity index (χ2v) is 6.39. The number of carbonyl (C=O) groups is 1. The first-order valence-electron chi connectivity index (χ1n) is 9.35. The third-order valence-corrected chi connectivity index (χ3v) is 4.58. The Kier molecular flexibility index (Phi) is 6.67. The summed E-state index contributed by atoms with van der Waals surface area (Å²) in [5, 5.41) is 18.8. The Morgan fingerprint density at radius 2 is 1.68 bits per heavy atom. The molecule has 6 nitrogen and oxygen atoms in total. The van der Waals surface area contributed by atoms with Crippen molar-refractivity contribution in [3.05, 3.63) is 101 Å². The zero-order valence-corrected chi connectivity index (χ0v) is 17.1. The topological polar surface area (TPSA) is 86.4 Å². The van der Waals surface area contributed by atoms with Gasteiger partial charge in [-0.05, 0) is 35.9 Å². The zero-order chi connectivity index (χ0) is 22.2. The van der Waals surface area contributed by atoms with Crippen LogP contribution in [0.5, 0.6) is 11.5 Å². The van der Waals surface area contributed by atoms with Crippen molar-refractivity contribution in [1.29, 1.82) is 10.5 Å². The van der Waals surface area contributed by atoms with Crippen LogP contribution in [0.2, 0.25) is 0 Å². The molecule has 152 valence electrons. The summed E-state index contributed by atoms with van der Waals surface area (Å²) in [7, 11) is 3.08. The maximum absolute atomic E-state index is 13.5. The van der Waals surface area contributed by atoms with E-state index in [1.807, 2.05) is 18.2 Å². The maximum atomic E-state index is 13.5. The molecule has 0 saturated carbocycles. The van der Waals surface area contributed by atoms with E-state index in [1.165, 1.54) is 7.11 Å². The molecule has 1 aliphatic heterocycles. The lowest BCUT2D eigenvalue weighted by Gasteiger charge is -2.26. The molecule has 0 aliphatic carbocycles. The van der Waals surface area contributed by atoms with E-state index in [2.05, 4.69) is 0 Å². The average molecular weight is 409 g/mol. The molecular weight excluding hydrogens is 390 g/mol. The molecule has 0 unspecified atom stereocenters. The summed E-state index contributed by atoms with van der Waals surface area (Å²) in [4.78, 5) is 15.0. The summed E-state index contributed by atoms with van der Waals surface area (Å²) in [6.45, 7) is 0. The fourth-order valence-electron chi connectivity index (χ4n) is 3.08. The third-order valence-electron chi connectivity index (χ3n) is 4.58. The molecule has 31 heavy (non-hydrogen) atoms. The first kappa shape index (κ1) is 21.2. The third kappa shape index (κ3) is 4.55. The van der Waals surface area contributed by atoms with Crippen molar-refractivity contribution in [2.45, 2.75) is 0 Å². The Labute approximate surface area is 180 Å². The first-order chi connectivity index (χ1) is 15.1. The predicted octanol–water partition coefficient (Wildman–Crippen LogP) is 4.61. The van der Waals surface area contributed by atoms with E-state index < -0.39 is 0 Å². The lowest BCUT2D eigenvalue weighted by molar-refractivity contribution is 0.101. The summed E-state index contributed by atoms with van der Waals surface area (Å²) in [6, 6.07) is 17.9. The zero-order valence-electron chi connectivity index (χ0n) is 17.1. The molecule has 3 rings (SSSR count). The highest BCUT2D eigenvalue weighted by Crippen LogP contribution is 2.31. The van der Waals surface area contributed by atoms with Crippen LogP contribution in [0, 0.1) is 22.7 Å². The molecule has 2 aromatic rings. The molecule has 0 amide bonds. The van der Waals surface area contributed by atoms with E-state index in [0.717, 1.165) is 0 Å². The number of nitrogens with zero attached hydrogens (tertiary/aromatic N) is 3. The Balaban J connectivity index is 2.20. The van der Waals surface area contributed by atoms with Crippen molar-refractivity contribution < 1.29 is 14.3 Å². The molecule has 0 bridgehead atoms. The number of methoxy groups -OCH3 is 2. The van der Waals surface area contributed by atoms with E-state index >= 15 is 0 Å². The van der Waals surface area contributed by atoms with Gasteiger partial charge in [-0.3, -0.25) is 4.79 Å². The molecule has 0 spiro atoms. The molecule has 0 saturated heterocycles. The van der Waals surface area contributed by atoms with Gasteiger partial charge in [0.15, 0.2) is 17.1 Å². The highest BCUT2D eigenvalue weighted by molar-refractivity contribution is 6.11. The van der Waals surface area contributed by atoms with Gasteiger partial charge in [-0.1, -0.05) is 42.5 Å². The second kappa shape index (κ2) is 9.78. The minimum absolute atomic E-state index is 0.0975. The fraction of sp³-hybridized carbons (Fsp3) is 0.0800. The molecule has 0 atom stereocenters. The summed E-state index contributed by atoms with van der Waals surface area (Å²) < 4.78 is 10.7. The summed E-state index contributed by atoms with van der Waals surface area (Å²) in [5.41, 5.74) is 1.67. The Bertz CT molecular complexity index is 1180. The Hall–Kier alpha value is -4.55. The van der Waals surface area contributed by atoms with Crippen molar-refractivity contribution in [1.82, 2.24) is 4.90 Å². The van der Waals surface area contributed by atoms with Gasteiger partial charge in [0.1, 0.15) is 12.1 Å². The van der Waals surface area contributed by atoms with Crippen LogP contribution in [0.1, 0.15) is 15.9 Å². The molecule has 2 aromatic carbocycles. The lowest BCUT2D eigenvalue weighted by Crippen LogP contribution is -2.24. The number of rotatable bonds is 6. The summed E-state index contributed by atoms with van der Waals surface area (Å²) in [5.74, 6) is 0.818. The maximum Gasteiger partial charge on any atom is 0.209 e. The highest BCUT2D eigenvalue weighted by atomic mass is 16.5. The number of ether oxygens (including phenoxy) is 2. The number of hydrogen-bond donors (Lipinski definition) is 0. The van der Waals surface area contributed by atoms with Gasteiger partial charge in [0.05, 0.1) is 25.6 Å². The van der Waals surface area contributed by atoms with Crippen molar-refractivity contribution in [3.8, 4) is 23.6 Å². The lowest BCUT2D eigenvalue weighted by atomic mass is 10.0. The number of nitriles is 2. The number of ketones is 1. The number of hydrogen-bond acceptors (Lipinski definition) is 6. The van der Waals surface area contributed by atoms with Crippen LogP contribution in [0.3, 0.4) is 0 Å². The predicted molar refractivity (Wildman–Crippen MR) is 117 cm³/mol. The number of carbonyl (C=O) groups excluding carboxylic acids is 1. The summed E-state index contributed by atoms with van der Waals surface area (Å²) in [6.07, 6.45) is 8.41. The molecule has 0 radical (unpaired) electrons. The normalized spacial score (nSPS) is 12.7. The van der Waals surface area contributed by atoms with Gasteiger partial charge in [-0.2, -0.15) is 10.5 Å². The van der Waals surface area contributed by atoms with E-state index in [9.17, 15) is 15.3 Å². The first-order valence-corrected chi connectivity index (χ1v) is 9.35. The summed E-state index contributed by atoms with van der Waals surface area (Å²) >= 11 is 0. The van der Waals surface area contributed by atoms with Crippen LogP contribution < -0.4 is 9.47 Å². The van der Waals surface area contributed by atoms with Gasteiger partial charge in [0.25, 0.3) is 0 Å². The molecule has 0 N–H and O–H groups in total. The minimum atomic E-state index is -0.261. The van der Waals surface area contributed by atoms with E-state index in [4.69, 9.17) is 9.47 Å². The number of Topliss-reactive ketones (excluding diaryl/α,β-unsaturated/α-hetero) is 1. The largest absolute Gasteiger partial charge is 0.493 e.